The van der Waals surface area contributed by atoms with Crippen LogP contribution in [0.25, 0.3) is 0 Å². The highest BCUT2D eigenvalue weighted by Crippen LogP contribution is 2.45. The molecule has 0 saturated carbocycles. The topological polar surface area (TPSA) is 88.1 Å². The lowest BCUT2D eigenvalue weighted by molar-refractivity contribution is -0.0612. The number of hydrogen-bond acceptors (Lipinski definition) is 5. The van der Waals surface area contributed by atoms with Gasteiger partial charge in [0.1, 0.15) is 5.75 Å². The first-order valence-corrected chi connectivity index (χ1v) is 9.50. The third-order valence-electron chi connectivity index (χ3n) is 4.76. The molecule has 2 heterocycles. The van der Waals surface area contributed by atoms with Crippen LogP contribution in [0.4, 0.5) is 0 Å². The molecule has 1 fully saturated rings. The van der Waals surface area contributed by atoms with Crippen LogP contribution in [0.2, 0.25) is 0 Å². The maximum absolute atomic E-state index is 11.0. The van der Waals surface area contributed by atoms with Crippen LogP contribution in [0.3, 0.4) is 0 Å². The van der Waals surface area contributed by atoms with Gasteiger partial charge in [-0.15, -0.1) is 0 Å². The van der Waals surface area contributed by atoms with Crippen molar-refractivity contribution >= 4 is 10.3 Å². The van der Waals surface area contributed by atoms with E-state index in [-0.39, 0.29) is 11.6 Å². The molecule has 2 N–H and O–H groups in total. The molecule has 0 bridgehead atoms. The van der Waals surface area contributed by atoms with Gasteiger partial charge in [-0.2, -0.15) is 13.1 Å². The third-order valence-corrected chi connectivity index (χ3v) is 5.41. The predicted octanol–water partition coefficient (Wildman–Crippen LogP) is 1.47. The van der Waals surface area contributed by atoms with Crippen LogP contribution in [0.15, 0.2) is 18.2 Å². The second-order valence-electron chi connectivity index (χ2n) is 6.91. The van der Waals surface area contributed by atoms with Crippen molar-refractivity contribution < 1.29 is 22.4 Å². The minimum Gasteiger partial charge on any atom is -0.474 e. The van der Waals surface area contributed by atoms with Crippen molar-refractivity contribution in [3.05, 3.63) is 29.3 Å². The summed E-state index contributed by atoms with van der Waals surface area (Å²) in [5.74, 6) is 0.819. The van der Waals surface area contributed by atoms with Crippen molar-refractivity contribution in [2.24, 2.45) is 0 Å². The average molecular weight is 356 g/mol. The summed E-state index contributed by atoms with van der Waals surface area (Å²) in [6, 6.07) is 5.12. The first-order chi connectivity index (χ1) is 11.2. The molecule has 3 rings (SSSR count). The average Bonchev–Trinajstić information content (AvgIpc) is 2.77. The molecule has 2 aliphatic heterocycles. The molecule has 1 aromatic carbocycles. The van der Waals surface area contributed by atoms with E-state index in [0.717, 1.165) is 30.0 Å². The Bertz CT molecular complexity index is 713. The lowest BCUT2D eigenvalue weighted by Crippen LogP contribution is -2.52. The summed E-state index contributed by atoms with van der Waals surface area (Å²) in [6.45, 7) is 9.01. The maximum atomic E-state index is 11.0. The Balaban J connectivity index is 1.86. The monoisotopic (exact) mass is 356 g/mol. The van der Waals surface area contributed by atoms with E-state index in [9.17, 15) is 8.42 Å². The Morgan fingerprint density at radius 1 is 1.33 bits per heavy atom. The Morgan fingerprint density at radius 3 is 2.62 bits per heavy atom. The molecule has 1 saturated heterocycles. The molecular weight excluding hydrogens is 332 g/mol. The summed E-state index contributed by atoms with van der Waals surface area (Å²) >= 11 is 0. The van der Waals surface area contributed by atoms with E-state index >= 15 is 0 Å². The van der Waals surface area contributed by atoms with Gasteiger partial charge < -0.3 is 9.47 Å². The normalized spacial score (nSPS) is 25.1. The quantitative estimate of drug-likeness (QED) is 0.795. The minimum absolute atomic E-state index is 0.0727. The van der Waals surface area contributed by atoms with Crippen molar-refractivity contribution in [1.29, 1.82) is 0 Å². The van der Waals surface area contributed by atoms with Gasteiger partial charge in [-0.1, -0.05) is 19.9 Å². The summed E-state index contributed by atoms with van der Waals surface area (Å²) < 4.78 is 44.8. The van der Waals surface area contributed by atoms with Crippen molar-refractivity contribution in [2.75, 3.05) is 26.3 Å². The van der Waals surface area contributed by atoms with Crippen LogP contribution >= 0.6 is 0 Å². The van der Waals surface area contributed by atoms with Gasteiger partial charge in [0.15, 0.2) is 6.23 Å². The maximum Gasteiger partial charge on any atom is 0.333 e. The second kappa shape index (κ2) is 6.27. The number of benzene rings is 1. The van der Waals surface area contributed by atoms with E-state index in [1.807, 2.05) is 18.2 Å². The number of nitrogens with zero attached hydrogens (tertiary/aromatic N) is 1. The van der Waals surface area contributed by atoms with Gasteiger partial charge in [-0.25, -0.2) is 0 Å². The van der Waals surface area contributed by atoms with Crippen LogP contribution < -0.4 is 9.46 Å². The van der Waals surface area contributed by atoms with Crippen LogP contribution in [0, 0.1) is 0 Å². The first-order valence-electron chi connectivity index (χ1n) is 8.06. The van der Waals surface area contributed by atoms with Gasteiger partial charge in [0, 0.05) is 30.1 Å². The van der Waals surface area contributed by atoms with Gasteiger partial charge in [0.05, 0.1) is 13.2 Å². The molecule has 7 nitrogen and oxygen atoms in total. The van der Waals surface area contributed by atoms with Crippen LogP contribution in [0.5, 0.6) is 5.75 Å². The summed E-state index contributed by atoms with van der Waals surface area (Å²) in [6.07, 6.45) is -0.0727. The van der Waals surface area contributed by atoms with Crippen LogP contribution in [0.1, 0.15) is 37.9 Å². The van der Waals surface area contributed by atoms with Gasteiger partial charge >= 0.3 is 10.3 Å². The van der Waals surface area contributed by atoms with E-state index in [1.165, 1.54) is 0 Å². The fraction of sp³-hybridized carbons (Fsp3) is 0.625. The molecule has 2 unspecified atom stereocenters. The molecule has 0 aliphatic carbocycles. The Hall–Kier alpha value is -1.19. The Labute approximate surface area is 142 Å². The summed E-state index contributed by atoms with van der Waals surface area (Å²) in [7, 11) is -4.25. The number of hydrogen-bond donors (Lipinski definition) is 2. The molecule has 8 heteroatoms. The molecule has 2 aliphatic rings. The smallest absolute Gasteiger partial charge is 0.333 e. The molecular formula is C16H24N2O5S. The van der Waals surface area contributed by atoms with Crippen LogP contribution in [-0.4, -0.2) is 50.4 Å². The van der Waals surface area contributed by atoms with E-state index in [2.05, 4.69) is 23.5 Å². The van der Waals surface area contributed by atoms with E-state index in [4.69, 9.17) is 14.0 Å². The Morgan fingerprint density at radius 2 is 2.00 bits per heavy atom. The molecule has 1 aromatic rings. The second-order valence-corrected chi connectivity index (χ2v) is 8.10. The van der Waals surface area contributed by atoms with Crippen molar-refractivity contribution in [3.8, 4) is 5.75 Å². The minimum atomic E-state index is -4.25. The highest BCUT2D eigenvalue weighted by atomic mass is 32.2. The number of nitrogens with one attached hydrogen (secondary N) is 1. The number of rotatable bonds is 4. The molecule has 0 spiro atoms. The number of ether oxygens (including phenoxy) is 2. The largest absolute Gasteiger partial charge is 0.474 e. The van der Waals surface area contributed by atoms with Crippen molar-refractivity contribution in [2.45, 2.75) is 38.5 Å². The number of fused-ring (bicyclic) bond motifs is 1. The summed E-state index contributed by atoms with van der Waals surface area (Å²) in [5, 5.41) is 0. The van der Waals surface area contributed by atoms with Gasteiger partial charge in [0.2, 0.25) is 0 Å². The summed E-state index contributed by atoms with van der Waals surface area (Å²) in [4.78, 5) is 2.28. The molecule has 0 radical (unpaired) electrons. The predicted molar refractivity (Wildman–Crippen MR) is 89.4 cm³/mol. The van der Waals surface area contributed by atoms with Crippen molar-refractivity contribution in [1.82, 2.24) is 9.62 Å². The standard InChI is InChI=1S/C16H24N2O5S/c1-11(17-24(19,20)21)12-4-5-14-13(10-12)16(2,3)15(23-14)18-6-8-22-9-7-18/h4-5,10-11,15,17H,6-9H2,1-3H3,(H,19,20,21). The highest BCUT2D eigenvalue weighted by Gasteiger charge is 2.45. The van der Waals surface area contributed by atoms with E-state index in [0.29, 0.717) is 13.2 Å². The lowest BCUT2D eigenvalue weighted by Gasteiger charge is -2.38. The summed E-state index contributed by atoms with van der Waals surface area (Å²) in [5.41, 5.74) is 1.59. The van der Waals surface area contributed by atoms with Crippen molar-refractivity contribution in [3.63, 3.8) is 0 Å². The van der Waals surface area contributed by atoms with Gasteiger partial charge in [-0.3, -0.25) is 9.45 Å². The Kier molecular flexibility index (Phi) is 4.61. The molecule has 134 valence electrons. The van der Waals surface area contributed by atoms with Gasteiger partial charge in [0.25, 0.3) is 0 Å². The van der Waals surface area contributed by atoms with Crippen LogP contribution in [-0.2, 0) is 20.5 Å². The zero-order valence-corrected chi connectivity index (χ0v) is 15.0. The third kappa shape index (κ3) is 3.43. The molecule has 24 heavy (non-hydrogen) atoms. The number of morpholine rings is 1. The van der Waals surface area contributed by atoms with E-state index < -0.39 is 16.3 Å². The fourth-order valence-electron chi connectivity index (χ4n) is 3.46. The van der Waals surface area contributed by atoms with E-state index in [1.54, 1.807) is 6.92 Å². The lowest BCUT2D eigenvalue weighted by atomic mass is 9.82. The highest BCUT2D eigenvalue weighted by molar-refractivity contribution is 7.83. The van der Waals surface area contributed by atoms with Gasteiger partial charge in [-0.05, 0) is 24.6 Å². The molecule has 2 atom stereocenters. The zero-order valence-electron chi connectivity index (χ0n) is 14.2. The first kappa shape index (κ1) is 17.6. The SMILES string of the molecule is CC(NS(=O)(=O)O)c1ccc2c(c1)C(C)(C)C(N1CCOCC1)O2. The zero-order chi connectivity index (χ0) is 17.5. The molecule has 0 amide bonds. The fourth-order valence-corrected chi connectivity index (χ4v) is 4.04. The molecule has 0 aromatic heterocycles.